The first-order valence-electron chi connectivity index (χ1n) is 9.49. The second-order valence-electron chi connectivity index (χ2n) is 7.26. The van der Waals surface area contributed by atoms with Crippen molar-refractivity contribution in [2.75, 3.05) is 38.6 Å². The molecule has 0 unspecified atom stereocenters. The molecule has 0 spiro atoms. The van der Waals surface area contributed by atoms with Crippen LogP contribution in [0.25, 0.3) is 0 Å². The summed E-state index contributed by atoms with van der Waals surface area (Å²) in [5.41, 5.74) is 2.72. The third kappa shape index (κ3) is 4.67. The fraction of sp³-hybridized carbons (Fsp3) is 0.381. The summed E-state index contributed by atoms with van der Waals surface area (Å²) in [5, 5.41) is 13.8. The van der Waals surface area contributed by atoms with Crippen molar-refractivity contribution in [3.63, 3.8) is 0 Å². The number of nitro groups is 1. The van der Waals surface area contributed by atoms with Crippen molar-refractivity contribution in [2.45, 2.75) is 18.9 Å². The average molecular weight is 382 g/mol. The highest BCUT2D eigenvalue weighted by atomic mass is 16.6. The van der Waals surface area contributed by atoms with Crippen LogP contribution in [0, 0.1) is 10.1 Å². The summed E-state index contributed by atoms with van der Waals surface area (Å²) in [4.78, 5) is 27.3. The number of nitrogens with one attached hydrogen (secondary N) is 1. The Morgan fingerprint density at radius 3 is 2.25 bits per heavy atom. The van der Waals surface area contributed by atoms with Gasteiger partial charge in [0.15, 0.2) is 0 Å². The molecule has 2 aromatic rings. The molecule has 1 aliphatic heterocycles. The van der Waals surface area contributed by atoms with E-state index in [-0.39, 0.29) is 17.6 Å². The maximum absolute atomic E-state index is 12.5. The smallest absolute Gasteiger partial charge is 0.269 e. The number of carbonyl (C=O) groups excluding carboxylic acids is 1. The summed E-state index contributed by atoms with van der Waals surface area (Å²) in [6, 6.07) is 14.2. The summed E-state index contributed by atoms with van der Waals surface area (Å²) in [6.07, 6.45) is 2.34. The van der Waals surface area contributed by atoms with Gasteiger partial charge in [0, 0.05) is 44.0 Å². The lowest BCUT2D eigenvalue weighted by Crippen LogP contribution is -2.36. The summed E-state index contributed by atoms with van der Waals surface area (Å²) >= 11 is 0. The van der Waals surface area contributed by atoms with Crippen molar-refractivity contribution < 1.29 is 9.72 Å². The van der Waals surface area contributed by atoms with Crippen LogP contribution in [0.2, 0.25) is 0 Å². The number of nitro benzene ring substituents is 1. The van der Waals surface area contributed by atoms with Gasteiger partial charge >= 0.3 is 0 Å². The number of carbonyl (C=O) groups is 1. The van der Waals surface area contributed by atoms with Crippen molar-refractivity contribution in [2.24, 2.45) is 0 Å². The molecule has 7 heteroatoms. The van der Waals surface area contributed by atoms with Gasteiger partial charge in [-0.15, -0.1) is 0 Å². The van der Waals surface area contributed by atoms with Gasteiger partial charge in [-0.3, -0.25) is 19.8 Å². The van der Waals surface area contributed by atoms with Crippen LogP contribution in [-0.4, -0.2) is 49.5 Å². The molecule has 0 saturated carbocycles. The second kappa shape index (κ2) is 8.84. The molecule has 1 amide bonds. The van der Waals surface area contributed by atoms with Crippen molar-refractivity contribution in [1.29, 1.82) is 0 Å². The molecule has 0 aromatic heterocycles. The van der Waals surface area contributed by atoms with Crippen LogP contribution >= 0.6 is 0 Å². The molecule has 1 heterocycles. The van der Waals surface area contributed by atoms with Crippen LogP contribution in [0.5, 0.6) is 0 Å². The highest BCUT2D eigenvalue weighted by molar-refractivity contribution is 5.94. The van der Waals surface area contributed by atoms with Gasteiger partial charge in [0.2, 0.25) is 0 Å². The topological polar surface area (TPSA) is 78.7 Å². The molecule has 1 atom stereocenters. The van der Waals surface area contributed by atoms with Gasteiger partial charge in [-0.25, -0.2) is 0 Å². The highest BCUT2D eigenvalue weighted by Crippen LogP contribution is 2.26. The number of anilines is 1. The van der Waals surface area contributed by atoms with E-state index in [4.69, 9.17) is 0 Å². The third-order valence-electron chi connectivity index (χ3n) is 5.17. The number of hydrogen-bond donors (Lipinski definition) is 1. The molecular formula is C21H26N4O3. The first-order chi connectivity index (χ1) is 13.5. The maximum atomic E-state index is 12.5. The molecule has 1 fully saturated rings. The molecule has 7 nitrogen and oxygen atoms in total. The fourth-order valence-electron chi connectivity index (χ4n) is 3.53. The lowest BCUT2D eigenvalue weighted by Gasteiger charge is -2.28. The Balaban J connectivity index is 1.70. The molecule has 3 rings (SSSR count). The quantitative estimate of drug-likeness (QED) is 0.588. The minimum atomic E-state index is -0.470. The Morgan fingerprint density at radius 2 is 1.71 bits per heavy atom. The van der Waals surface area contributed by atoms with E-state index in [9.17, 15) is 14.9 Å². The van der Waals surface area contributed by atoms with E-state index in [0.717, 1.165) is 18.8 Å². The van der Waals surface area contributed by atoms with E-state index in [0.29, 0.717) is 12.1 Å². The zero-order chi connectivity index (χ0) is 20.1. The van der Waals surface area contributed by atoms with Gasteiger partial charge in [0.05, 0.1) is 11.0 Å². The molecule has 1 saturated heterocycles. The molecule has 1 N–H and O–H groups in total. The Bertz CT molecular complexity index is 813. The number of hydrogen-bond acceptors (Lipinski definition) is 5. The number of amides is 1. The van der Waals surface area contributed by atoms with Crippen molar-refractivity contribution in [3.05, 3.63) is 69.8 Å². The van der Waals surface area contributed by atoms with Crippen molar-refractivity contribution >= 4 is 17.3 Å². The Morgan fingerprint density at radius 1 is 1.11 bits per heavy atom. The lowest BCUT2D eigenvalue weighted by atomic mass is 10.0. The van der Waals surface area contributed by atoms with Crippen molar-refractivity contribution in [1.82, 2.24) is 10.2 Å². The van der Waals surface area contributed by atoms with E-state index < -0.39 is 4.92 Å². The second-order valence-corrected chi connectivity index (χ2v) is 7.26. The van der Waals surface area contributed by atoms with E-state index in [1.807, 2.05) is 14.1 Å². The standard InChI is InChI=1S/C21H26N4O3/c1-23(2)18-9-5-16(6-10-18)20(24-13-3-4-14-24)15-22-21(26)17-7-11-19(12-8-17)25(27)28/h5-12,20H,3-4,13-15H2,1-2H3,(H,22,26)/t20-/m1/s1. The molecular weight excluding hydrogens is 356 g/mol. The first kappa shape index (κ1) is 19.8. The monoisotopic (exact) mass is 382 g/mol. The molecule has 0 bridgehead atoms. The van der Waals surface area contributed by atoms with E-state index in [1.165, 1.54) is 42.7 Å². The predicted octanol–water partition coefficient (Wildman–Crippen LogP) is 3.23. The van der Waals surface area contributed by atoms with Gasteiger partial charge in [0.1, 0.15) is 0 Å². The number of likely N-dealkylation sites (tertiary alicyclic amines) is 1. The zero-order valence-electron chi connectivity index (χ0n) is 16.3. The third-order valence-corrected chi connectivity index (χ3v) is 5.17. The van der Waals surface area contributed by atoms with E-state index >= 15 is 0 Å². The van der Waals surface area contributed by atoms with Crippen LogP contribution in [0.3, 0.4) is 0 Å². The van der Waals surface area contributed by atoms with Gasteiger partial charge in [0.25, 0.3) is 11.6 Å². The Hall–Kier alpha value is -2.93. The van der Waals surface area contributed by atoms with Gasteiger partial charge in [-0.2, -0.15) is 0 Å². The summed E-state index contributed by atoms with van der Waals surface area (Å²) < 4.78 is 0. The van der Waals surface area contributed by atoms with Crippen molar-refractivity contribution in [3.8, 4) is 0 Å². The number of nitrogens with zero attached hydrogens (tertiary/aromatic N) is 3. The van der Waals surface area contributed by atoms with Gasteiger partial charge in [-0.05, 0) is 55.8 Å². The number of benzene rings is 2. The minimum Gasteiger partial charge on any atom is -0.378 e. The zero-order valence-corrected chi connectivity index (χ0v) is 16.3. The summed E-state index contributed by atoms with van der Waals surface area (Å²) in [5.74, 6) is -0.219. The van der Waals surface area contributed by atoms with Crippen LogP contribution in [-0.2, 0) is 0 Å². The Kier molecular flexibility index (Phi) is 6.26. The van der Waals surface area contributed by atoms with E-state index in [2.05, 4.69) is 39.4 Å². The SMILES string of the molecule is CN(C)c1ccc([C@@H](CNC(=O)c2ccc([N+](=O)[O-])cc2)N2CCCC2)cc1. The molecule has 0 aliphatic carbocycles. The maximum Gasteiger partial charge on any atom is 0.269 e. The minimum absolute atomic E-state index is 0.0209. The molecule has 28 heavy (non-hydrogen) atoms. The normalized spacial score (nSPS) is 15.2. The molecule has 0 radical (unpaired) electrons. The predicted molar refractivity (Wildman–Crippen MR) is 110 cm³/mol. The Labute approximate surface area is 165 Å². The molecule has 1 aliphatic rings. The molecule has 2 aromatic carbocycles. The summed E-state index contributed by atoms with van der Waals surface area (Å²) in [6.45, 7) is 2.54. The average Bonchev–Trinajstić information content (AvgIpc) is 3.23. The van der Waals surface area contributed by atoms with Gasteiger partial charge < -0.3 is 10.2 Å². The van der Waals surface area contributed by atoms with Crippen LogP contribution < -0.4 is 10.2 Å². The van der Waals surface area contributed by atoms with Crippen LogP contribution in [0.1, 0.15) is 34.8 Å². The fourth-order valence-corrected chi connectivity index (χ4v) is 3.53. The van der Waals surface area contributed by atoms with Crippen LogP contribution in [0.15, 0.2) is 48.5 Å². The number of non-ortho nitro benzene ring substituents is 1. The number of rotatable bonds is 7. The van der Waals surface area contributed by atoms with Crippen LogP contribution in [0.4, 0.5) is 11.4 Å². The highest BCUT2D eigenvalue weighted by Gasteiger charge is 2.24. The van der Waals surface area contributed by atoms with Gasteiger partial charge in [-0.1, -0.05) is 12.1 Å². The largest absolute Gasteiger partial charge is 0.378 e. The first-order valence-corrected chi connectivity index (χ1v) is 9.49. The summed E-state index contributed by atoms with van der Waals surface area (Å²) in [7, 11) is 4.02. The molecule has 148 valence electrons. The van der Waals surface area contributed by atoms with E-state index in [1.54, 1.807) is 0 Å². The lowest BCUT2D eigenvalue weighted by molar-refractivity contribution is -0.384.